The van der Waals surface area contributed by atoms with Crippen molar-refractivity contribution in [3.05, 3.63) is 35.1 Å². The summed E-state index contributed by atoms with van der Waals surface area (Å²) >= 11 is 0. The summed E-state index contributed by atoms with van der Waals surface area (Å²) in [6.45, 7) is 8.09. The highest BCUT2D eigenvalue weighted by molar-refractivity contribution is 5.94. The smallest absolute Gasteiger partial charge is 0.256 e. The molecule has 126 valence electrons. The first-order valence-electron chi connectivity index (χ1n) is 8.45. The predicted molar refractivity (Wildman–Crippen MR) is 87.0 cm³/mol. The van der Waals surface area contributed by atoms with Gasteiger partial charge in [0.25, 0.3) is 5.91 Å². The van der Waals surface area contributed by atoms with Gasteiger partial charge in [0, 0.05) is 32.2 Å². The number of hydrogen-bond donors (Lipinski definition) is 0. The van der Waals surface area contributed by atoms with E-state index < -0.39 is 5.82 Å². The lowest BCUT2D eigenvalue weighted by Gasteiger charge is -2.41. The summed E-state index contributed by atoms with van der Waals surface area (Å²) < 4.78 is 19.5. The van der Waals surface area contributed by atoms with Crippen LogP contribution in [0.5, 0.6) is 0 Å². The van der Waals surface area contributed by atoms with E-state index in [0.717, 1.165) is 38.1 Å². The molecule has 2 aliphatic rings. The molecule has 0 radical (unpaired) electrons. The van der Waals surface area contributed by atoms with Gasteiger partial charge in [0.05, 0.1) is 18.3 Å². The standard InChI is InChI=1S/C18H25FN2O2/c1-13-3-4-17(19)16(11-13)18(22)20-7-5-15(6-8-20)21-9-10-23-14(2)12-21/h3-4,11,14-15H,5-10,12H2,1-2H3/t14-/m1/s1. The zero-order chi connectivity index (χ0) is 16.4. The van der Waals surface area contributed by atoms with Crippen molar-refractivity contribution in [2.45, 2.75) is 38.8 Å². The molecule has 3 rings (SSSR count). The highest BCUT2D eigenvalue weighted by Crippen LogP contribution is 2.21. The Bertz CT molecular complexity index is 570. The summed E-state index contributed by atoms with van der Waals surface area (Å²) in [4.78, 5) is 16.8. The molecule has 0 aliphatic carbocycles. The van der Waals surface area contributed by atoms with E-state index >= 15 is 0 Å². The van der Waals surface area contributed by atoms with Crippen LogP contribution in [0.2, 0.25) is 0 Å². The van der Waals surface area contributed by atoms with Crippen molar-refractivity contribution in [3.63, 3.8) is 0 Å². The van der Waals surface area contributed by atoms with Crippen LogP contribution in [0.3, 0.4) is 0 Å². The molecule has 1 atom stereocenters. The third-order valence-electron chi connectivity index (χ3n) is 4.89. The molecule has 2 saturated heterocycles. The normalized spacial score (nSPS) is 24.0. The minimum Gasteiger partial charge on any atom is -0.376 e. The molecule has 0 spiro atoms. The fourth-order valence-corrected chi connectivity index (χ4v) is 3.58. The Balaban J connectivity index is 1.60. The number of nitrogens with zero attached hydrogens (tertiary/aromatic N) is 2. The monoisotopic (exact) mass is 320 g/mol. The number of ether oxygens (including phenoxy) is 1. The molecular weight excluding hydrogens is 295 g/mol. The van der Waals surface area contributed by atoms with E-state index in [4.69, 9.17) is 4.74 Å². The maximum atomic E-state index is 13.9. The van der Waals surface area contributed by atoms with Crippen molar-refractivity contribution in [1.82, 2.24) is 9.80 Å². The Kier molecular flexibility index (Phi) is 4.97. The molecule has 1 aromatic rings. The Morgan fingerprint density at radius 2 is 2.00 bits per heavy atom. The van der Waals surface area contributed by atoms with E-state index in [1.54, 1.807) is 17.0 Å². The molecule has 2 fully saturated rings. The fraction of sp³-hybridized carbons (Fsp3) is 0.611. The summed E-state index contributed by atoms with van der Waals surface area (Å²) in [5, 5.41) is 0. The van der Waals surface area contributed by atoms with E-state index in [1.807, 2.05) is 6.92 Å². The van der Waals surface area contributed by atoms with Crippen molar-refractivity contribution in [2.24, 2.45) is 0 Å². The average molecular weight is 320 g/mol. The van der Waals surface area contributed by atoms with Crippen molar-refractivity contribution < 1.29 is 13.9 Å². The summed E-state index contributed by atoms with van der Waals surface area (Å²) in [6.07, 6.45) is 2.18. The maximum Gasteiger partial charge on any atom is 0.256 e. The molecule has 2 heterocycles. The fourth-order valence-electron chi connectivity index (χ4n) is 3.58. The highest BCUT2D eigenvalue weighted by atomic mass is 19.1. The molecular formula is C18H25FN2O2. The van der Waals surface area contributed by atoms with Gasteiger partial charge in [-0.25, -0.2) is 4.39 Å². The minimum absolute atomic E-state index is 0.181. The van der Waals surface area contributed by atoms with Crippen LogP contribution in [0.25, 0.3) is 0 Å². The van der Waals surface area contributed by atoms with E-state index in [0.29, 0.717) is 19.1 Å². The van der Waals surface area contributed by atoms with Crippen LogP contribution in [0, 0.1) is 12.7 Å². The molecule has 1 aromatic carbocycles. The predicted octanol–water partition coefficient (Wildman–Crippen LogP) is 2.46. The molecule has 0 unspecified atom stereocenters. The molecule has 0 N–H and O–H groups in total. The second-order valence-corrected chi connectivity index (χ2v) is 6.68. The van der Waals surface area contributed by atoms with E-state index in [2.05, 4.69) is 11.8 Å². The SMILES string of the molecule is Cc1ccc(F)c(C(=O)N2CCC(N3CCO[C@H](C)C3)CC2)c1. The summed E-state index contributed by atoms with van der Waals surface area (Å²) in [6, 6.07) is 5.23. The van der Waals surface area contributed by atoms with Gasteiger partial charge in [0.2, 0.25) is 0 Å². The zero-order valence-electron chi connectivity index (χ0n) is 13.9. The van der Waals surface area contributed by atoms with Crippen LogP contribution in [0.4, 0.5) is 4.39 Å². The van der Waals surface area contributed by atoms with Gasteiger partial charge >= 0.3 is 0 Å². The van der Waals surface area contributed by atoms with Crippen LogP contribution < -0.4 is 0 Å². The number of carbonyl (C=O) groups is 1. The minimum atomic E-state index is -0.426. The molecule has 0 saturated carbocycles. The number of benzene rings is 1. The Morgan fingerprint density at radius 3 is 2.70 bits per heavy atom. The lowest BCUT2D eigenvalue weighted by Crippen LogP contribution is -2.51. The van der Waals surface area contributed by atoms with Gasteiger partial charge in [-0.1, -0.05) is 11.6 Å². The quantitative estimate of drug-likeness (QED) is 0.839. The number of likely N-dealkylation sites (tertiary alicyclic amines) is 1. The van der Waals surface area contributed by atoms with Crippen molar-refractivity contribution in [2.75, 3.05) is 32.8 Å². The second-order valence-electron chi connectivity index (χ2n) is 6.68. The Hall–Kier alpha value is -1.46. The number of morpholine rings is 1. The van der Waals surface area contributed by atoms with Crippen molar-refractivity contribution in [1.29, 1.82) is 0 Å². The molecule has 0 aromatic heterocycles. The van der Waals surface area contributed by atoms with Crippen LogP contribution >= 0.6 is 0 Å². The van der Waals surface area contributed by atoms with Gasteiger partial charge in [-0.2, -0.15) is 0 Å². The van der Waals surface area contributed by atoms with Crippen LogP contribution in [0.15, 0.2) is 18.2 Å². The van der Waals surface area contributed by atoms with Gasteiger partial charge < -0.3 is 9.64 Å². The topological polar surface area (TPSA) is 32.8 Å². The van der Waals surface area contributed by atoms with Gasteiger partial charge in [-0.15, -0.1) is 0 Å². The molecule has 5 heteroatoms. The van der Waals surface area contributed by atoms with Crippen molar-refractivity contribution in [3.8, 4) is 0 Å². The molecule has 4 nitrogen and oxygen atoms in total. The van der Waals surface area contributed by atoms with Crippen LogP contribution in [-0.2, 0) is 4.74 Å². The molecule has 1 amide bonds. The van der Waals surface area contributed by atoms with Gasteiger partial charge in [-0.05, 0) is 38.8 Å². The largest absolute Gasteiger partial charge is 0.376 e. The number of halogens is 1. The lowest BCUT2D eigenvalue weighted by molar-refractivity contribution is -0.0423. The van der Waals surface area contributed by atoms with E-state index in [9.17, 15) is 9.18 Å². The number of amides is 1. The maximum absolute atomic E-state index is 13.9. The average Bonchev–Trinajstić information content (AvgIpc) is 2.56. The Labute approximate surface area is 137 Å². The van der Waals surface area contributed by atoms with Gasteiger partial charge in [-0.3, -0.25) is 9.69 Å². The van der Waals surface area contributed by atoms with E-state index in [1.165, 1.54) is 6.07 Å². The first-order valence-corrected chi connectivity index (χ1v) is 8.45. The summed E-state index contributed by atoms with van der Waals surface area (Å²) in [5.41, 5.74) is 1.11. The van der Waals surface area contributed by atoms with Crippen LogP contribution in [-0.4, -0.2) is 60.6 Å². The third kappa shape index (κ3) is 3.72. The second kappa shape index (κ2) is 6.97. The number of aryl methyl sites for hydroxylation is 1. The first kappa shape index (κ1) is 16.4. The van der Waals surface area contributed by atoms with Crippen LogP contribution in [0.1, 0.15) is 35.7 Å². The zero-order valence-corrected chi connectivity index (χ0v) is 13.9. The first-order chi connectivity index (χ1) is 11.0. The molecule has 2 aliphatic heterocycles. The van der Waals surface area contributed by atoms with Crippen molar-refractivity contribution >= 4 is 5.91 Å². The summed E-state index contributed by atoms with van der Waals surface area (Å²) in [5.74, 6) is -0.607. The summed E-state index contributed by atoms with van der Waals surface area (Å²) in [7, 11) is 0. The number of hydrogen-bond acceptors (Lipinski definition) is 3. The Morgan fingerprint density at radius 1 is 1.26 bits per heavy atom. The molecule has 0 bridgehead atoms. The number of rotatable bonds is 2. The molecule has 23 heavy (non-hydrogen) atoms. The third-order valence-corrected chi connectivity index (χ3v) is 4.89. The highest BCUT2D eigenvalue weighted by Gasteiger charge is 2.30. The number of piperidine rings is 1. The van der Waals surface area contributed by atoms with Gasteiger partial charge in [0.15, 0.2) is 0 Å². The lowest BCUT2D eigenvalue weighted by atomic mass is 10.0. The van der Waals surface area contributed by atoms with Gasteiger partial charge in [0.1, 0.15) is 5.82 Å². The number of carbonyl (C=O) groups excluding carboxylic acids is 1. The van der Waals surface area contributed by atoms with E-state index in [-0.39, 0.29) is 17.6 Å².